The van der Waals surface area contributed by atoms with E-state index in [4.69, 9.17) is 9.47 Å². The lowest BCUT2D eigenvalue weighted by atomic mass is 10.2. The van der Waals surface area contributed by atoms with Gasteiger partial charge in [0.15, 0.2) is 0 Å². The van der Waals surface area contributed by atoms with E-state index in [0.29, 0.717) is 44.9 Å². The van der Waals surface area contributed by atoms with Crippen LogP contribution in [0, 0.1) is 0 Å². The number of anilines is 1. The molecule has 1 fully saturated rings. The van der Waals surface area contributed by atoms with Crippen molar-refractivity contribution in [2.24, 2.45) is 0 Å². The van der Waals surface area contributed by atoms with Gasteiger partial charge in [0, 0.05) is 37.9 Å². The standard InChI is InChI=1S/C20H24N4O4/c1-27-17-2-4-18(5-3-17)28-13-8-22-20(26)16-6-7-21-19(14-16)24-11-9-23(15-25)10-12-24/h2-7,14-15H,8-13H2,1H3,(H,22,26). The summed E-state index contributed by atoms with van der Waals surface area (Å²) in [6, 6.07) is 10.7. The lowest BCUT2D eigenvalue weighted by Crippen LogP contribution is -2.46. The molecule has 1 aromatic heterocycles. The van der Waals surface area contributed by atoms with Crippen LogP contribution in [0.5, 0.6) is 11.5 Å². The molecule has 0 atom stereocenters. The Labute approximate surface area is 164 Å². The molecule has 0 aliphatic carbocycles. The number of hydrogen-bond donors (Lipinski definition) is 1. The van der Waals surface area contributed by atoms with Gasteiger partial charge in [-0.05, 0) is 36.4 Å². The Bertz CT molecular complexity index is 789. The SMILES string of the molecule is COc1ccc(OCCNC(=O)c2ccnc(N3CCN(C=O)CC3)c2)cc1. The van der Waals surface area contributed by atoms with Crippen LogP contribution in [0.15, 0.2) is 42.6 Å². The first-order chi connectivity index (χ1) is 13.7. The Balaban J connectivity index is 1.47. The first-order valence-electron chi connectivity index (χ1n) is 9.15. The minimum atomic E-state index is -0.173. The third-order valence-electron chi connectivity index (χ3n) is 4.51. The van der Waals surface area contributed by atoms with Crippen LogP contribution in [0.3, 0.4) is 0 Å². The number of ether oxygens (including phenoxy) is 2. The number of methoxy groups -OCH3 is 1. The Hall–Kier alpha value is -3.29. The number of aromatic nitrogens is 1. The molecule has 0 unspecified atom stereocenters. The molecule has 8 heteroatoms. The topological polar surface area (TPSA) is 84.0 Å². The average molecular weight is 384 g/mol. The summed E-state index contributed by atoms with van der Waals surface area (Å²) < 4.78 is 10.7. The average Bonchev–Trinajstić information content (AvgIpc) is 2.77. The molecule has 1 saturated heterocycles. The first-order valence-corrected chi connectivity index (χ1v) is 9.15. The maximum atomic E-state index is 12.4. The molecular weight excluding hydrogens is 360 g/mol. The van der Waals surface area contributed by atoms with E-state index in [1.165, 1.54) is 0 Å². The van der Waals surface area contributed by atoms with Crippen molar-refractivity contribution in [1.82, 2.24) is 15.2 Å². The van der Waals surface area contributed by atoms with Gasteiger partial charge in [-0.25, -0.2) is 4.98 Å². The molecule has 0 radical (unpaired) electrons. The Morgan fingerprint density at radius 2 is 1.86 bits per heavy atom. The van der Waals surface area contributed by atoms with E-state index in [-0.39, 0.29) is 5.91 Å². The van der Waals surface area contributed by atoms with Gasteiger partial charge in [0.05, 0.1) is 13.7 Å². The summed E-state index contributed by atoms with van der Waals surface area (Å²) in [5.41, 5.74) is 0.548. The van der Waals surface area contributed by atoms with Gasteiger partial charge in [-0.2, -0.15) is 0 Å². The third kappa shape index (κ3) is 5.12. The van der Waals surface area contributed by atoms with Gasteiger partial charge >= 0.3 is 0 Å². The molecule has 2 amide bonds. The van der Waals surface area contributed by atoms with E-state index in [0.717, 1.165) is 23.7 Å². The number of piperazine rings is 1. The number of pyridine rings is 1. The van der Waals surface area contributed by atoms with Crippen molar-refractivity contribution >= 4 is 18.1 Å². The van der Waals surface area contributed by atoms with Crippen LogP contribution in [-0.4, -0.2) is 68.6 Å². The predicted octanol–water partition coefficient (Wildman–Crippen LogP) is 1.18. The minimum Gasteiger partial charge on any atom is -0.497 e. The van der Waals surface area contributed by atoms with Crippen molar-refractivity contribution in [3.05, 3.63) is 48.2 Å². The summed E-state index contributed by atoms with van der Waals surface area (Å²) in [5.74, 6) is 2.05. The number of rotatable bonds is 8. The molecule has 2 aromatic rings. The predicted molar refractivity (Wildman–Crippen MR) is 105 cm³/mol. The normalized spacial score (nSPS) is 13.8. The zero-order valence-electron chi connectivity index (χ0n) is 15.8. The first kappa shape index (κ1) is 19.5. The molecular formula is C20H24N4O4. The minimum absolute atomic E-state index is 0.173. The van der Waals surface area contributed by atoms with E-state index in [1.54, 1.807) is 30.3 Å². The second-order valence-electron chi connectivity index (χ2n) is 6.31. The Morgan fingerprint density at radius 1 is 1.14 bits per heavy atom. The quantitative estimate of drug-likeness (QED) is 0.544. The zero-order chi connectivity index (χ0) is 19.8. The van der Waals surface area contributed by atoms with Gasteiger partial charge < -0.3 is 24.6 Å². The molecule has 0 bridgehead atoms. The van der Waals surface area contributed by atoms with E-state index < -0.39 is 0 Å². The highest BCUT2D eigenvalue weighted by atomic mass is 16.5. The summed E-state index contributed by atoms with van der Waals surface area (Å²) in [6.45, 7) is 3.47. The van der Waals surface area contributed by atoms with E-state index in [2.05, 4.69) is 15.2 Å². The molecule has 1 aromatic carbocycles. The van der Waals surface area contributed by atoms with Crippen LogP contribution in [0.4, 0.5) is 5.82 Å². The smallest absolute Gasteiger partial charge is 0.251 e. The van der Waals surface area contributed by atoms with Crippen molar-refractivity contribution in [2.75, 3.05) is 51.3 Å². The van der Waals surface area contributed by atoms with Gasteiger partial charge in [0.1, 0.15) is 23.9 Å². The van der Waals surface area contributed by atoms with Crippen molar-refractivity contribution < 1.29 is 19.1 Å². The number of nitrogens with zero attached hydrogens (tertiary/aromatic N) is 3. The highest BCUT2D eigenvalue weighted by Gasteiger charge is 2.17. The highest BCUT2D eigenvalue weighted by Crippen LogP contribution is 2.17. The highest BCUT2D eigenvalue weighted by molar-refractivity contribution is 5.94. The van der Waals surface area contributed by atoms with Crippen molar-refractivity contribution in [2.45, 2.75) is 0 Å². The molecule has 1 N–H and O–H groups in total. The number of nitrogens with one attached hydrogen (secondary N) is 1. The van der Waals surface area contributed by atoms with Crippen molar-refractivity contribution in [1.29, 1.82) is 0 Å². The molecule has 148 valence electrons. The van der Waals surface area contributed by atoms with Crippen LogP contribution in [0.25, 0.3) is 0 Å². The Morgan fingerprint density at radius 3 is 2.54 bits per heavy atom. The third-order valence-corrected chi connectivity index (χ3v) is 4.51. The lowest BCUT2D eigenvalue weighted by Gasteiger charge is -2.33. The molecule has 3 rings (SSSR count). The lowest BCUT2D eigenvalue weighted by molar-refractivity contribution is -0.118. The van der Waals surface area contributed by atoms with Crippen LogP contribution in [0.2, 0.25) is 0 Å². The summed E-state index contributed by atoms with van der Waals surface area (Å²) in [6.07, 6.45) is 2.49. The number of benzene rings is 1. The second-order valence-corrected chi connectivity index (χ2v) is 6.31. The molecule has 0 saturated carbocycles. The molecule has 0 spiro atoms. The maximum Gasteiger partial charge on any atom is 0.251 e. The van der Waals surface area contributed by atoms with Crippen LogP contribution < -0.4 is 19.7 Å². The maximum absolute atomic E-state index is 12.4. The monoisotopic (exact) mass is 384 g/mol. The van der Waals surface area contributed by atoms with E-state index in [1.807, 2.05) is 24.3 Å². The molecule has 28 heavy (non-hydrogen) atoms. The number of hydrogen-bond acceptors (Lipinski definition) is 6. The zero-order valence-corrected chi connectivity index (χ0v) is 15.8. The molecule has 1 aliphatic heterocycles. The molecule has 8 nitrogen and oxygen atoms in total. The van der Waals surface area contributed by atoms with Crippen molar-refractivity contribution in [3.63, 3.8) is 0 Å². The summed E-state index contributed by atoms with van der Waals surface area (Å²) >= 11 is 0. The van der Waals surface area contributed by atoms with Crippen LogP contribution >= 0.6 is 0 Å². The summed E-state index contributed by atoms with van der Waals surface area (Å²) in [5, 5.41) is 2.85. The summed E-state index contributed by atoms with van der Waals surface area (Å²) in [7, 11) is 1.61. The van der Waals surface area contributed by atoms with Crippen LogP contribution in [-0.2, 0) is 4.79 Å². The van der Waals surface area contributed by atoms with Gasteiger partial charge in [0.25, 0.3) is 5.91 Å². The van der Waals surface area contributed by atoms with Crippen molar-refractivity contribution in [3.8, 4) is 11.5 Å². The molecule has 1 aliphatic rings. The fraction of sp³-hybridized carbons (Fsp3) is 0.350. The van der Waals surface area contributed by atoms with E-state index >= 15 is 0 Å². The molecule has 2 heterocycles. The number of carbonyl (C=O) groups is 2. The number of amides is 2. The van der Waals surface area contributed by atoms with Gasteiger partial charge in [-0.1, -0.05) is 0 Å². The van der Waals surface area contributed by atoms with Gasteiger partial charge in [-0.15, -0.1) is 0 Å². The van der Waals surface area contributed by atoms with Crippen LogP contribution in [0.1, 0.15) is 10.4 Å². The fourth-order valence-electron chi connectivity index (χ4n) is 2.90. The van der Waals surface area contributed by atoms with E-state index in [9.17, 15) is 9.59 Å². The fourth-order valence-corrected chi connectivity index (χ4v) is 2.90. The second kappa shape index (κ2) is 9.59. The number of carbonyl (C=O) groups excluding carboxylic acids is 2. The Kier molecular flexibility index (Phi) is 6.67. The van der Waals surface area contributed by atoms with Gasteiger partial charge in [0.2, 0.25) is 6.41 Å². The summed E-state index contributed by atoms with van der Waals surface area (Å²) in [4.78, 5) is 31.4. The van der Waals surface area contributed by atoms with Gasteiger partial charge in [-0.3, -0.25) is 9.59 Å². The largest absolute Gasteiger partial charge is 0.497 e.